The summed E-state index contributed by atoms with van der Waals surface area (Å²) in [5, 5.41) is -0.459. The summed E-state index contributed by atoms with van der Waals surface area (Å²) < 4.78 is 45.1. The van der Waals surface area contributed by atoms with Crippen LogP contribution in [0.2, 0.25) is 0 Å². The molecule has 138 valence electrons. The summed E-state index contributed by atoms with van der Waals surface area (Å²) in [6.45, 7) is 1.46. The van der Waals surface area contributed by atoms with Crippen LogP contribution in [-0.4, -0.2) is 31.7 Å². The minimum absolute atomic E-state index is 0.0800. The number of nitrogens with zero attached hydrogens (tertiary/aromatic N) is 1. The van der Waals surface area contributed by atoms with Crippen LogP contribution in [0.15, 0.2) is 70.4 Å². The second kappa shape index (κ2) is 6.04. The van der Waals surface area contributed by atoms with Gasteiger partial charge in [0, 0.05) is 36.7 Å². The number of sulfone groups is 1. The van der Waals surface area contributed by atoms with Crippen molar-refractivity contribution in [3.05, 3.63) is 78.0 Å². The van der Waals surface area contributed by atoms with Gasteiger partial charge in [-0.05, 0) is 35.4 Å². The zero-order chi connectivity index (χ0) is 18.6. The maximum Gasteiger partial charge on any atom is 0.183 e. The summed E-state index contributed by atoms with van der Waals surface area (Å²) in [5.41, 5.74) is 3.35. The van der Waals surface area contributed by atoms with E-state index in [0.717, 1.165) is 16.7 Å². The van der Waals surface area contributed by atoms with E-state index in [1.807, 2.05) is 23.1 Å². The van der Waals surface area contributed by atoms with E-state index in [1.54, 1.807) is 36.8 Å². The van der Waals surface area contributed by atoms with E-state index in [-0.39, 0.29) is 11.7 Å². The molecular formula is C21H18FNO3S. The van der Waals surface area contributed by atoms with Gasteiger partial charge in [0.2, 0.25) is 0 Å². The number of benzene rings is 2. The fraction of sp³-hybridized carbons (Fsp3) is 0.238. The van der Waals surface area contributed by atoms with E-state index in [1.165, 1.54) is 6.07 Å². The molecule has 2 aliphatic rings. The quantitative estimate of drug-likeness (QED) is 0.690. The van der Waals surface area contributed by atoms with E-state index in [9.17, 15) is 12.8 Å². The Morgan fingerprint density at radius 3 is 2.70 bits per heavy atom. The molecule has 3 aromatic rings. The number of hydrogen-bond donors (Lipinski definition) is 0. The molecule has 4 nitrogen and oxygen atoms in total. The molecule has 6 heteroatoms. The van der Waals surface area contributed by atoms with Crippen molar-refractivity contribution >= 4 is 9.84 Å². The Morgan fingerprint density at radius 1 is 1.07 bits per heavy atom. The average Bonchev–Trinajstić information content (AvgIpc) is 3.36. The molecule has 1 fully saturated rings. The fourth-order valence-electron chi connectivity index (χ4n) is 4.33. The zero-order valence-corrected chi connectivity index (χ0v) is 15.3. The zero-order valence-electron chi connectivity index (χ0n) is 14.5. The predicted molar refractivity (Wildman–Crippen MR) is 99.5 cm³/mol. The first-order valence-electron chi connectivity index (χ1n) is 8.90. The van der Waals surface area contributed by atoms with Gasteiger partial charge < -0.3 is 4.42 Å². The lowest BCUT2D eigenvalue weighted by molar-refractivity contribution is 0.320. The third-order valence-electron chi connectivity index (χ3n) is 5.66. The Kier molecular flexibility index (Phi) is 3.74. The Morgan fingerprint density at radius 2 is 1.93 bits per heavy atom. The smallest absolute Gasteiger partial charge is 0.183 e. The van der Waals surface area contributed by atoms with Crippen molar-refractivity contribution in [2.75, 3.05) is 13.1 Å². The van der Waals surface area contributed by atoms with Gasteiger partial charge in [0.1, 0.15) is 5.82 Å². The summed E-state index contributed by atoms with van der Waals surface area (Å²) in [4.78, 5) is 2.48. The Balaban J connectivity index is 1.48. The summed E-state index contributed by atoms with van der Waals surface area (Å²) in [6, 6.07) is 14.0. The van der Waals surface area contributed by atoms with Crippen LogP contribution in [0.1, 0.15) is 17.0 Å². The van der Waals surface area contributed by atoms with Gasteiger partial charge in [-0.15, -0.1) is 0 Å². The molecule has 0 radical (unpaired) electrons. The number of hydrogen-bond acceptors (Lipinski definition) is 4. The van der Waals surface area contributed by atoms with Gasteiger partial charge >= 0.3 is 0 Å². The number of likely N-dealkylation sites (tertiary alicyclic amines) is 1. The maximum atomic E-state index is 14.0. The van der Waals surface area contributed by atoms with Crippen LogP contribution in [0.5, 0.6) is 0 Å². The molecule has 2 aromatic carbocycles. The van der Waals surface area contributed by atoms with E-state index >= 15 is 0 Å². The first-order valence-corrected chi connectivity index (χ1v) is 10.4. The van der Waals surface area contributed by atoms with Crippen molar-refractivity contribution in [2.24, 2.45) is 0 Å². The van der Waals surface area contributed by atoms with Gasteiger partial charge in [0.05, 0.1) is 22.7 Å². The van der Waals surface area contributed by atoms with Crippen LogP contribution in [0, 0.1) is 5.82 Å². The molecule has 0 unspecified atom stereocenters. The lowest BCUT2D eigenvalue weighted by atomic mass is 9.95. The Hall–Kier alpha value is -2.44. The van der Waals surface area contributed by atoms with E-state index in [2.05, 4.69) is 0 Å². The third kappa shape index (κ3) is 2.63. The van der Waals surface area contributed by atoms with Crippen LogP contribution in [0.4, 0.5) is 4.39 Å². The number of halogens is 1. The summed E-state index contributed by atoms with van der Waals surface area (Å²) in [7, 11) is -3.36. The monoisotopic (exact) mass is 383 g/mol. The molecule has 27 heavy (non-hydrogen) atoms. The van der Waals surface area contributed by atoms with Gasteiger partial charge in [-0.1, -0.05) is 24.3 Å². The van der Waals surface area contributed by atoms with Crippen LogP contribution in [0.3, 0.4) is 0 Å². The average molecular weight is 383 g/mol. The van der Waals surface area contributed by atoms with Crippen molar-refractivity contribution in [3.8, 4) is 11.1 Å². The summed E-state index contributed by atoms with van der Waals surface area (Å²) in [6.07, 6.45) is 3.26. The van der Waals surface area contributed by atoms with Crippen molar-refractivity contribution in [1.29, 1.82) is 0 Å². The second-order valence-electron chi connectivity index (χ2n) is 7.24. The molecule has 1 saturated heterocycles. The van der Waals surface area contributed by atoms with Gasteiger partial charge in [0.15, 0.2) is 9.84 Å². The van der Waals surface area contributed by atoms with Gasteiger partial charge in [0.25, 0.3) is 0 Å². The highest BCUT2D eigenvalue weighted by molar-refractivity contribution is 7.92. The van der Waals surface area contributed by atoms with Crippen LogP contribution in [0.25, 0.3) is 11.1 Å². The van der Waals surface area contributed by atoms with Crippen molar-refractivity contribution in [3.63, 3.8) is 0 Å². The number of rotatable bonds is 3. The lowest BCUT2D eigenvalue weighted by Gasteiger charge is -2.18. The molecule has 2 atom stereocenters. The molecule has 2 aliphatic heterocycles. The number of fused-ring (bicyclic) bond motifs is 3. The molecule has 0 saturated carbocycles. The molecular weight excluding hydrogens is 365 g/mol. The molecule has 0 amide bonds. The highest BCUT2D eigenvalue weighted by atomic mass is 32.2. The SMILES string of the molecule is O=S1(=O)c2ccc(-c3ccoc3)cc2[C@H]2CN(Cc3ccccc3F)C[C@@H]21. The predicted octanol–water partition coefficient (Wildman–Crippen LogP) is 3.84. The highest BCUT2D eigenvalue weighted by Gasteiger charge is 2.50. The van der Waals surface area contributed by atoms with Gasteiger partial charge in [-0.3, -0.25) is 4.90 Å². The van der Waals surface area contributed by atoms with Gasteiger partial charge in [-0.25, -0.2) is 12.8 Å². The topological polar surface area (TPSA) is 50.5 Å². The van der Waals surface area contributed by atoms with Crippen molar-refractivity contribution < 1.29 is 17.2 Å². The third-order valence-corrected chi connectivity index (χ3v) is 7.92. The molecule has 0 spiro atoms. The van der Waals surface area contributed by atoms with Gasteiger partial charge in [-0.2, -0.15) is 0 Å². The van der Waals surface area contributed by atoms with Crippen LogP contribution in [-0.2, 0) is 16.4 Å². The number of furan rings is 1. The Bertz CT molecular complexity index is 1110. The largest absolute Gasteiger partial charge is 0.472 e. The first-order chi connectivity index (χ1) is 13.0. The molecule has 3 heterocycles. The van der Waals surface area contributed by atoms with Crippen LogP contribution < -0.4 is 0 Å². The highest BCUT2D eigenvalue weighted by Crippen LogP contribution is 2.46. The second-order valence-corrected chi connectivity index (χ2v) is 9.38. The van der Waals surface area contributed by atoms with Crippen molar-refractivity contribution in [1.82, 2.24) is 4.90 Å². The Labute approximate surface area is 157 Å². The normalized spacial score (nSPS) is 23.3. The minimum atomic E-state index is -3.36. The molecule has 0 N–H and O–H groups in total. The van der Waals surface area contributed by atoms with E-state index in [0.29, 0.717) is 30.1 Å². The van der Waals surface area contributed by atoms with Crippen LogP contribution >= 0.6 is 0 Å². The molecule has 0 aliphatic carbocycles. The van der Waals surface area contributed by atoms with Crippen molar-refractivity contribution in [2.45, 2.75) is 22.6 Å². The summed E-state index contributed by atoms with van der Waals surface area (Å²) >= 11 is 0. The minimum Gasteiger partial charge on any atom is -0.472 e. The lowest BCUT2D eigenvalue weighted by Crippen LogP contribution is -2.26. The van der Waals surface area contributed by atoms with E-state index in [4.69, 9.17) is 4.42 Å². The maximum absolute atomic E-state index is 14.0. The first kappa shape index (κ1) is 16.7. The van der Waals surface area contributed by atoms with E-state index < -0.39 is 15.1 Å². The standard InChI is InChI=1S/C21H18FNO3S/c22-19-4-2-1-3-15(19)10-23-11-18-17-9-14(16-7-8-26-13-16)5-6-20(17)27(24,25)21(18)12-23/h1-9,13,18,21H,10-12H2/t18-,21+/m1/s1. The fourth-order valence-corrected chi connectivity index (χ4v) is 6.53. The molecule has 5 rings (SSSR count). The molecule has 0 bridgehead atoms. The molecule has 1 aromatic heterocycles. The summed E-state index contributed by atoms with van der Waals surface area (Å²) in [5.74, 6) is -0.330.